The molecule has 94 valence electrons. The summed E-state index contributed by atoms with van der Waals surface area (Å²) in [6.07, 6.45) is 5.56. The Kier molecular flexibility index (Phi) is 4.26. The van der Waals surface area contributed by atoms with E-state index in [0.717, 1.165) is 36.0 Å². The number of ether oxygens (including phenoxy) is 1. The molecule has 0 bridgehead atoms. The average Bonchev–Trinajstić information content (AvgIpc) is 2.28. The number of methoxy groups -OCH3 is 1. The maximum Gasteiger partial charge on any atom is 0.119 e. The molecule has 1 aliphatic carbocycles. The summed E-state index contributed by atoms with van der Waals surface area (Å²) in [4.78, 5) is 0. The van der Waals surface area contributed by atoms with Crippen molar-refractivity contribution < 1.29 is 4.74 Å². The lowest BCUT2D eigenvalue weighted by atomic mass is 9.83. The van der Waals surface area contributed by atoms with Crippen molar-refractivity contribution in [2.24, 2.45) is 5.92 Å². The molecular formula is C14H22N2O. The third-order valence-corrected chi connectivity index (χ3v) is 3.62. The van der Waals surface area contributed by atoms with Gasteiger partial charge in [-0.1, -0.05) is 19.3 Å². The van der Waals surface area contributed by atoms with Gasteiger partial charge in [-0.2, -0.15) is 0 Å². The molecule has 1 saturated carbocycles. The zero-order valence-corrected chi connectivity index (χ0v) is 10.5. The molecule has 1 fully saturated rings. The highest BCUT2D eigenvalue weighted by Crippen LogP contribution is 2.28. The van der Waals surface area contributed by atoms with Crippen molar-refractivity contribution in [3.63, 3.8) is 0 Å². The minimum atomic E-state index is 0.829. The highest BCUT2D eigenvalue weighted by atomic mass is 16.5. The minimum Gasteiger partial charge on any atom is -0.497 e. The number of hydrogen-bond acceptors (Lipinski definition) is 3. The van der Waals surface area contributed by atoms with Crippen molar-refractivity contribution in [1.82, 2.24) is 5.32 Å². The Labute approximate surface area is 103 Å². The van der Waals surface area contributed by atoms with Crippen molar-refractivity contribution in [3.8, 4) is 5.75 Å². The van der Waals surface area contributed by atoms with Crippen LogP contribution >= 0.6 is 0 Å². The van der Waals surface area contributed by atoms with Gasteiger partial charge in [0, 0.05) is 12.2 Å². The molecule has 0 heterocycles. The topological polar surface area (TPSA) is 47.3 Å². The van der Waals surface area contributed by atoms with Gasteiger partial charge in [0.05, 0.1) is 7.11 Å². The fraction of sp³-hybridized carbons (Fsp3) is 0.571. The van der Waals surface area contributed by atoms with E-state index in [1.165, 1.54) is 25.7 Å². The Bertz CT molecular complexity index is 361. The maximum atomic E-state index is 5.93. The van der Waals surface area contributed by atoms with Gasteiger partial charge in [-0.3, -0.25) is 0 Å². The molecule has 3 N–H and O–H groups in total. The number of benzene rings is 1. The molecule has 1 aromatic carbocycles. The van der Waals surface area contributed by atoms with Gasteiger partial charge in [0.2, 0.25) is 0 Å². The molecule has 0 saturated heterocycles. The van der Waals surface area contributed by atoms with Crippen molar-refractivity contribution >= 4 is 5.69 Å². The SMILES string of the molecule is COc1ccc(N)c(CNCCC2CCC2)c1. The van der Waals surface area contributed by atoms with Crippen LogP contribution in [0.3, 0.4) is 0 Å². The molecule has 3 heteroatoms. The number of nitrogen functional groups attached to an aromatic ring is 1. The lowest BCUT2D eigenvalue weighted by molar-refractivity contribution is 0.292. The van der Waals surface area contributed by atoms with Gasteiger partial charge in [-0.25, -0.2) is 0 Å². The van der Waals surface area contributed by atoms with Crippen LogP contribution in [-0.4, -0.2) is 13.7 Å². The monoisotopic (exact) mass is 234 g/mol. The van der Waals surface area contributed by atoms with Crippen molar-refractivity contribution in [1.29, 1.82) is 0 Å². The number of hydrogen-bond donors (Lipinski definition) is 2. The van der Waals surface area contributed by atoms with Gasteiger partial charge in [0.15, 0.2) is 0 Å². The fourth-order valence-corrected chi connectivity index (χ4v) is 2.17. The summed E-state index contributed by atoms with van der Waals surface area (Å²) in [6.45, 7) is 1.91. The zero-order valence-electron chi connectivity index (χ0n) is 10.5. The van der Waals surface area contributed by atoms with E-state index in [9.17, 15) is 0 Å². The Morgan fingerprint density at radius 3 is 2.88 bits per heavy atom. The summed E-state index contributed by atoms with van der Waals surface area (Å²) in [6, 6.07) is 5.81. The van der Waals surface area contributed by atoms with E-state index in [-0.39, 0.29) is 0 Å². The molecule has 0 atom stereocenters. The normalized spacial score (nSPS) is 15.6. The van der Waals surface area contributed by atoms with Crippen LogP contribution in [0.15, 0.2) is 18.2 Å². The Morgan fingerprint density at radius 1 is 1.41 bits per heavy atom. The zero-order chi connectivity index (χ0) is 12.1. The second-order valence-corrected chi connectivity index (χ2v) is 4.83. The van der Waals surface area contributed by atoms with E-state index in [1.54, 1.807) is 7.11 Å². The number of anilines is 1. The highest BCUT2D eigenvalue weighted by molar-refractivity contribution is 5.50. The van der Waals surface area contributed by atoms with E-state index in [1.807, 2.05) is 18.2 Å². The first kappa shape index (κ1) is 12.2. The lowest BCUT2D eigenvalue weighted by Crippen LogP contribution is -2.21. The molecule has 1 aromatic rings. The number of nitrogens with one attached hydrogen (secondary N) is 1. The summed E-state index contributed by atoms with van der Waals surface area (Å²) < 4.78 is 5.20. The Hall–Kier alpha value is -1.22. The third kappa shape index (κ3) is 3.37. The largest absolute Gasteiger partial charge is 0.497 e. The summed E-state index contributed by atoms with van der Waals surface area (Å²) >= 11 is 0. The second-order valence-electron chi connectivity index (χ2n) is 4.83. The van der Waals surface area contributed by atoms with Gasteiger partial charge in [0.25, 0.3) is 0 Å². The smallest absolute Gasteiger partial charge is 0.119 e. The summed E-state index contributed by atoms with van der Waals surface area (Å²) in [5, 5.41) is 3.46. The highest BCUT2D eigenvalue weighted by Gasteiger charge is 2.16. The Morgan fingerprint density at radius 2 is 2.24 bits per heavy atom. The van der Waals surface area contributed by atoms with Crippen LogP contribution in [0.4, 0.5) is 5.69 Å². The van der Waals surface area contributed by atoms with E-state index in [4.69, 9.17) is 10.5 Å². The van der Waals surface area contributed by atoms with Crippen LogP contribution < -0.4 is 15.8 Å². The number of rotatable bonds is 6. The lowest BCUT2D eigenvalue weighted by Gasteiger charge is -2.25. The van der Waals surface area contributed by atoms with Crippen LogP contribution in [0.5, 0.6) is 5.75 Å². The first-order valence-electron chi connectivity index (χ1n) is 6.42. The summed E-state index contributed by atoms with van der Waals surface area (Å²) in [5.41, 5.74) is 7.89. The molecule has 0 unspecified atom stereocenters. The minimum absolute atomic E-state index is 0.829. The molecular weight excluding hydrogens is 212 g/mol. The van der Waals surface area contributed by atoms with Gasteiger partial charge >= 0.3 is 0 Å². The molecule has 0 aliphatic heterocycles. The fourth-order valence-electron chi connectivity index (χ4n) is 2.17. The van der Waals surface area contributed by atoms with E-state index >= 15 is 0 Å². The molecule has 0 spiro atoms. The standard InChI is InChI=1S/C14H22N2O/c1-17-13-5-6-14(15)12(9-13)10-16-8-7-11-3-2-4-11/h5-6,9,11,16H,2-4,7-8,10,15H2,1H3. The van der Waals surface area contributed by atoms with E-state index in [2.05, 4.69) is 5.32 Å². The van der Waals surface area contributed by atoms with Gasteiger partial charge in [-0.05, 0) is 42.6 Å². The van der Waals surface area contributed by atoms with Crippen LogP contribution in [-0.2, 0) is 6.54 Å². The summed E-state index contributed by atoms with van der Waals surface area (Å²) in [7, 11) is 1.68. The van der Waals surface area contributed by atoms with Crippen molar-refractivity contribution in [2.75, 3.05) is 19.4 Å². The molecule has 0 amide bonds. The van der Waals surface area contributed by atoms with Crippen LogP contribution in [0.1, 0.15) is 31.2 Å². The maximum absolute atomic E-state index is 5.93. The third-order valence-electron chi connectivity index (χ3n) is 3.62. The van der Waals surface area contributed by atoms with Crippen LogP contribution in [0, 0.1) is 5.92 Å². The van der Waals surface area contributed by atoms with Gasteiger partial charge in [0.1, 0.15) is 5.75 Å². The molecule has 3 nitrogen and oxygen atoms in total. The molecule has 0 aromatic heterocycles. The van der Waals surface area contributed by atoms with Gasteiger partial charge < -0.3 is 15.8 Å². The predicted molar refractivity (Wildman–Crippen MR) is 71.1 cm³/mol. The molecule has 1 aliphatic rings. The molecule has 2 rings (SSSR count). The van der Waals surface area contributed by atoms with Crippen LogP contribution in [0.2, 0.25) is 0 Å². The quantitative estimate of drug-likeness (QED) is 0.587. The predicted octanol–water partition coefficient (Wildman–Crippen LogP) is 2.56. The Balaban J connectivity index is 1.76. The van der Waals surface area contributed by atoms with Crippen LogP contribution in [0.25, 0.3) is 0 Å². The van der Waals surface area contributed by atoms with Gasteiger partial charge in [-0.15, -0.1) is 0 Å². The number of nitrogens with two attached hydrogens (primary N) is 1. The molecule has 0 radical (unpaired) electrons. The first-order valence-corrected chi connectivity index (χ1v) is 6.42. The van der Waals surface area contributed by atoms with E-state index < -0.39 is 0 Å². The van der Waals surface area contributed by atoms with E-state index in [0.29, 0.717) is 0 Å². The van der Waals surface area contributed by atoms with Crippen molar-refractivity contribution in [3.05, 3.63) is 23.8 Å². The molecule has 17 heavy (non-hydrogen) atoms. The van der Waals surface area contributed by atoms with Crippen molar-refractivity contribution in [2.45, 2.75) is 32.2 Å². The summed E-state index contributed by atoms with van der Waals surface area (Å²) in [5.74, 6) is 1.83. The first-order chi connectivity index (χ1) is 8.29. The second kappa shape index (κ2) is 5.92. The average molecular weight is 234 g/mol.